The summed E-state index contributed by atoms with van der Waals surface area (Å²) in [7, 11) is 3.36. The van der Waals surface area contributed by atoms with Crippen LogP contribution in [0.5, 0.6) is 0 Å². The van der Waals surface area contributed by atoms with Crippen LogP contribution in [0.1, 0.15) is 13.3 Å². The van der Waals surface area contributed by atoms with Crippen LogP contribution in [0, 0.1) is 11.8 Å². The van der Waals surface area contributed by atoms with Crippen LogP contribution in [0.15, 0.2) is 0 Å². The van der Waals surface area contributed by atoms with Crippen molar-refractivity contribution in [3.8, 4) is 0 Å². The largest absolute Gasteiger partial charge is 0.359 e. The van der Waals surface area contributed by atoms with Crippen LogP contribution in [-0.2, 0) is 9.59 Å². The Bertz CT molecular complexity index is 268. The maximum absolute atomic E-state index is 12.0. The average molecular weight is 227 g/mol. The van der Waals surface area contributed by atoms with E-state index in [1.807, 2.05) is 0 Å². The molecule has 0 saturated carbocycles. The van der Waals surface area contributed by atoms with Gasteiger partial charge < -0.3 is 15.5 Å². The van der Waals surface area contributed by atoms with Crippen molar-refractivity contribution in [3.05, 3.63) is 0 Å². The van der Waals surface area contributed by atoms with E-state index >= 15 is 0 Å². The average Bonchev–Trinajstić information content (AvgIpc) is 2.70. The standard InChI is InChI=1S/C11H21N3O2/c1-8-6-13-7-9(8)11(16)14(3)5-4-10(15)12-2/h8-9,13H,4-7H2,1-3H3,(H,12,15). The van der Waals surface area contributed by atoms with Gasteiger partial charge >= 0.3 is 0 Å². The Morgan fingerprint density at radius 1 is 1.44 bits per heavy atom. The van der Waals surface area contributed by atoms with Crippen molar-refractivity contribution in [2.75, 3.05) is 33.7 Å². The van der Waals surface area contributed by atoms with E-state index < -0.39 is 0 Å². The molecule has 2 atom stereocenters. The third kappa shape index (κ3) is 3.20. The summed E-state index contributed by atoms with van der Waals surface area (Å²) in [5, 5.41) is 5.76. The summed E-state index contributed by atoms with van der Waals surface area (Å²) in [6.07, 6.45) is 0.368. The van der Waals surface area contributed by atoms with Gasteiger partial charge in [-0.1, -0.05) is 6.92 Å². The summed E-state index contributed by atoms with van der Waals surface area (Å²) in [6.45, 7) is 4.22. The molecule has 2 unspecified atom stereocenters. The van der Waals surface area contributed by atoms with Gasteiger partial charge in [0.1, 0.15) is 0 Å². The summed E-state index contributed by atoms with van der Waals surface area (Å²) < 4.78 is 0. The Morgan fingerprint density at radius 3 is 2.62 bits per heavy atom. The van der Waals surface area contributed by atoms with Crippen molar-refractivity contribution in [3.63, 3.8) is 0 Å². The third-order valence-corrected chi connectivity index (χ3v) is 3.16. The summed E-state index contributed by atoms with van der Waals surface area (Å²) in [5.41, 5.74) is 0. The van der Waals surface area contributed by atoms with E-state index in [4.69, 9.17) is 0 Å². The normalized spacial score (nSPS) is 24.2. The van der Waals surface area contributed by atoms with Gasteiger partial charge in [-0.2, -0.15) is 0 Å². The fraction of sp³-hybridized carbons (Fsp3) is 0.818. The molecule has 16 heavy (non-hydrogen) atoms. The molecular weight excluding hydrogens is 206 g/mol. The maximum atomic E-state index is 12.0. The number of carbonyl (C=O) groups is 2. The van der Waals surface area contributed by atoms with Gasteiger partial charge in [0.15, 0.2) is 0 Å². The first-order valence-corrected chi connectivity index (χ1v) is 5.72. The molecule has 1 aliphatic rings. The molecule has 5 nitrogen and oxygen atoms in total. The van der Waals surface area contributed by atoms with Crippen molar-refractivity contribution < 1.29 is 9.59 Å². The predicted molar refractivity (Wildman–Crippen MR) is 61.8 cm³/mol. The molecule has 5 heteroatoms. The van der Waals surface area contributed by atoms with Crippen LogP contribution < -0.4 is 10.6 Å². The monoisotopic (exact) mass is 227 g/mol. The molecule has 92 valence electrons. The van der Waals surface area contributed by atoms with Gasteiger partial charge in [0.05, 0.1) is 5.92 Å². The van der Waals surface area contributed by atoms with Gasteiger partial charge in [0.2, 0.25) is 11.8 Å². The molecule has 0 aromatic heterocycles. The molecule has 0 bridgehead atoms. The Labute approximate surface area is 96.6 Å². The third-order valence-electron chi connectivity index (χ3n) is 3.16. The van der Waals surface area contributed by atoms with E-state index in [0.29, 0.717) is 18.9 Å². The Hall–Kier alpha value is -1.10. The minimum absolute atomic E-state index is 0.0303. The van der Waals surface area contributed by atoms with E-state index in [-0.39, 0.29) is 17.7 Å². The molecule has 1 rings (SSSR count). The quantitative estimate of drug-likeness (QED) is 0.676. The predicted octanol–water partition coefficient (Wildman–Crippen LogP) is -0.564. The number of rotatable bonds is 4. The lowest BCUT2D eigenvalue weighted by Gasteiger charge is -2.22. The minimum Gasteiger partial charge on any atom is -0.359 e. The zero-order valence-corrected chi connectivity index (χ0v) is 10.2. The van der Waals surface area contributed by atoms with Crippen LogP contribution in [0.2, 0.25) is 0 Å². The lowest BCUT2D eigenvalue weighted by atomic mass is 9.97. The number of hydrogen-bond donors (Lipinski definition) is 2. The molecular formula is C11H21N3O2. The van der Waals surface area contributed by atoms with E-state index in [1.165, 1.54) is 0 Å². The minimum atomic E-state index is -0.0303. The fourth-order valence-corrected chi connectivity index (χ4v) is 1.93. The van der Waals surface area contributed by atoms with Crippen molar-refractivity contribution in [2.45, 2.75) is 13.3 Å². The number of nitrogens with zero attached hydrogens (tertiary/aromatic N) is 1. The Balaban J connectivity index is 2.38. The molecule has 0 aromatic rings. The Kier molecular flexibility index (Phi) is 4.73. The van der Waals surface area contributed by atoms with Crippen LogP contribution in [-0.4, -0.2) is 50.4 Å². The summed E-state index contributed by atoms with van der Waals surface area (Å²) in [5.74, 6) is 0.559. The topological polar surface area (TPSA) is 61.4 Å². The summed E-state index contributed by atoms with van der Waals surface area (Å²) >= 11 is 0. The van der Waals surface area contributed by atoms with Gasteiger partial charge in [-0.05, 0) is 12.5 Å². The molecule has 0 aliphatic carbocycles. The first-order chi connectivity index (χ1) is 7.56. The zero-order chi connectivity index (χ0) is 12.1. The fourth-order valence-electron chi connectivity index (χ4n) is 1.93. The molecule has 1 heterocycles. The highest BCUT2D eigenvalue weighted by atomic mass is 16.2. The number of hydrogen-bond acceptors (Lipinski definition) is 3. The molecule has 1 fully saturated rings. The first kappa shape index (κ1) is 13.0. The van der Waals surface area contributed by atoms with Crippen molar-refractivity contribution in [2.24, 2.45) is 11.8 Å². The lowest BCUT2D eigenvalue weighted by molar-refractivity contribution is -0.135. The van der Waals surface area contributed by atoms with E-state index in [9.17, 15) is 9.59 Å². The van der Waals surface area contributed by atoms with Crippen LogP contribution >= 0.6 is 0 Å². The summed E-state index contributed by atoms with van der Waals surface area (Å²) in [6, 6.07) is 0. The maximum Gasteiger partial charge on any atom is 0.227 e. The number of nitrogens with one attached hydrogen (secondary N) is 2. The van der Waals surface area contributed by atoms with Crippen molar-refractivity contribution in [1.29, 1.82) is 0 Å². The first-order valence-electron chi connectivity index (χ1n) is 5.72. The highest BCUT2D eigenvalue weighted by Crippen LogP contribution is 2.17. The molecule has 1 aliphatic heterocycles. The van der Waals surface area contributed by atoms with Gasteiger partial charge in [0.25, 0.3) is 0 Å². The second-order valence-corrected chi connectivity index (χ2v) is 4.42. The number of amides is 2. The SMILES string of the molecule is CNC(=O)CCN(C)C(=O)C1CNCC1C. The smallest absolute Gasteiger partial charge is 0.227 e. The van der Waals surface area contributed by atoms with Crippen LogP contribution in [0.25, 0.3) is 0 Å². The van der Waals surface area contributed by atoms with E-state index in [2.05, 4.69) is 17.6 Å². The van der Waals surface area contributed by atoms with Crippen molar-refractivity contribution >= 4 is 11.8 Å². The second kappa shape index (κ2) is 5.84. The van der Waals surface area contributed by atoms with Gasteiger partial charge in [-0.25, -0.2) is 0 Å². The molecule has 0 radical (unpaired) electrons. The molecule has 0 aromatic carbocycles. The zero-order valence-electron chi connectivity index (χ0n) is 10.2. The second-order valence-electron chi connectivity index (χ2n) is 4.42. The molecule has 0 spiro atoms. The number of carbonyl (C=O) groups excluding carboxylic acids is 2. The van der Waals surface area contributed by atoms with Crippen LogP contribution in [0.4, 0.5) is 0 Å². The highest BCUT2D eigenvalue weighted by molar-refractivity contribution is 5.81. The highest BCUT2D eigenvalue weighted by Gasteiger charge is 2.31. The van der Waals surface area contributed by atoms with Crippen LogP contribution in [0.3, 0.4) is 0 Å². The van der Waals surface area contributed by atoms with E-state index in [0.717, 1.165) is 13.1 Å². The van der Waals surface area contributed by atoms with Gasteiger partial charge in [-0.15, -0.1) is 0 Å². The van der Waals surface area contributed by atoms with Gasteiger partial charge in [0, 0.05) is 33.6 Å². The van der Waals surface area contributed by atoms with Gasteiger partial charge in [-0.3, -0.25) is 9.59 Å². The Morgan fingerprint density at radius 2 is 2.12 bits per heavy atom. The lowest BCUT2D eigenvalue weighted by Crippen LogP contribution is -2.38. The van der Waals surface area contributed by atoms with Crippen molar-refractivity contribution in [1.82, 2.24) is 15.5 Å². The summed E-state index contributed by atoms with van der Waals surface area (Å²) in [4.78, 5) is 24.7. The molecule has 1 saturated heterocycles. The molecule has 2 N–H and O–H groups in total. The van der Waals surface area contributed by atoms with E-state index in [1.54, 1.807) is 19.0 Å². The molecule has 2 amide bonds.